The summed E-state index contributed by atoms with van der Waals surface area (Å²) >= 11 is 0. The molecular weight excluding hydrogens is 286 g/mol. The summed E-state index contributed by atoms with van der Waals surface area (Å²) in [6.07, 6.45) is 0. The minimum Gasteiger partial charge on any atom is -0.508 e. The molecule has 0 unspecified atom stereocenters. The second-order valence-electron chi connectivity index (χ2n) is 5.93. The number of rotatable bonds is 3. The fourth-order valence-electron chi connectivity index (χ4n) is 1.96. The lowest BCUT2D eigenvalue weighted by Gasteiger charge is -2.20. The summed E-state index contributed by atoms with van der Waals surface area (Å²) in [7, 11) is -3.56. The number of phenolic OH excluding ortho intramolecular Hbond substituents is 1. The summed E-state index contributed by atoms with van der Waals surface area (Å²) < 4.78 is 27.3. The lowest BCUT2D eigenvalue weighted by molar-refractivity contribution is 0.475. The Morgan fingerprint density at radius 3 is 2.14 bits per heavy atom. The molecule has 2 aromatic carbocycles. The van der Waals surface area contributed by atoms with Crippen LogP contribution in [0.15, 0.2) is 53.4 Å². The first-order valence-corrected chi connectivity index (χ1v) is 8.09. The molecule has 0 fully saturated rings. The van der Waals surface area contributed by atoms with Gasteiger partial charge in [-0.2, -0.15) is 0 Å². The van der Waals surface area contributed by atoms with Gasteiger partial charge in [-0.1, -0.05) is 24.3 Å². The Labute approximate surface area is 125 Å². The van der Waals surface area contributed by atoms with E-state index in [0.29, 0.717) is 0 Å². The highest BCUT2D eigenvalue weighted by Gasteiger charge is 2.22. The van der Waals surface area contributed by atoms with Crippen molar-refractivity contribution in [2.75, 3.05) is 0 Å². The predicted octanol–water partition coefficient (Wildman–Crippen LogP) is 3.14. The van der Waals surface area contributed by atoms with Gasteiger partial charge in [0.25, 0.3) is 0 Å². The zero-order valence-corrected chi connectivity index (χ0v) is 13.1. The van der Waals surface area contributed by atoms with Crippen molar-refractivity contribution in [1.29, 1.82) is 0 Å². The number of hydrogen-bond acceptors (Lipinski definition) is 3. The third-order valence-electron chi connectivity index (χ3n) is 2.79. The Balaban J connectivity index is 2.40. The molecule has 0 bridgehead atoms. The van der Waals surface area contributed by atoms with E-state index in [9.17, 15) is 13.5 Å². The molecular formula is C16H19NO3S. The summed E-state index contributed by atoms with van der Waals surface area (Å²) in [6, 6.07) is 13.4. The lowest BCUT2D eigenvalue weighted by Crippen LogP contribution is -2.40. The van der Waals surface area contributed by atoms with Gasteiger partial charge in [0.15, 0.2) is 0 Å². The Kier molecular flexibility index (Phi) is 4.07. The van der Waals surface area contributed by atoms with Gasteiger partial charge in [-0.25, -0.2) is 13.1 Å². The molecule has 0 aliphatic heterocycles. The van der Waals surface area contributed by atoms with Crippen molar-refractivity contribution in [2.45, 2.75) is 31.2 Å². The van der Waals surface area contributed by atoms with Crippen molar-refractivity contribution in [1.82, 2.24) is 4.72 Å². The van der Waals surface area contributed by atoms with Crippen molar-refractivity contribution in [3.05, 3.63) is 48.5 Å². The third-order valence-corrected chi connectivity index (χ3v) is 4.54. The van der Waals surface area contributed by atoms with Gasteiger partial charge >= 0.3 is 0 Å². The van der Waals surface area contributed by atoms with Crippen molar-refractivity contribution < 1.29 is 13.5 Å². The summed E-state index contributed by atoms with van der Waals surface area (Å²) in [5.41, 5.74) is 1.10. The molecule has 0 saturated heterocycles. The summed E-state index contributed by atoms with van der Waals surface area (Å²) in [5.74, 6) is 0.178. The second kappa shape index (κ2) is 5.50. The lowest BCUT2D eigenvalue weighted by atomic mass is 10.1. The van der Waals surface area contributed by atoms with Gasteiger partial charge in [0.05, 0.1) is 4.90 Å². The van der Waals surface area contributed by atoms with Crippen LogP contribution in [0.25, 0.3) is 11.1 Å². The van der Waals surface area contributed by atoms with Gasteiger partial charge in [0.2, 0.25) is 10.0 Å². The van der Waals surface area contributed by atoms with E-state index in [1.807, 2.05) is 6.07 Å². The third kappa shape index (κ3) is 4.06. The highest BCUT2D eigenvalue weighted by Crippen LogP contribution is 2.24. The van der Waals surface area contributed by atoms with Gasteiger partial charge in [0, 0.05) is 5.54 Å². The SMILES string of the molecule is CC(C)(C)NS(=O)(=O)c1cccc(-c2ccc(O)cc2)c1. The molecule has 2 N–H and O–H groups in total. The molecule has 0 atom stereocenters. The number of aromatic hydroxyl groups is 1. The van der Waals surface area contributed by atoms with E-state index in [1.165, 1.54) is 0 Å². The van der Waals surface area contributed by atoms with Crippen LogP contribution in [0, 0.1) is 0 Å². The summed E-state index contributed by atoms with van der Waals surface area (Å²) in [5, 5.41) is 9.31. The Hall–Kier alpha value is -1.85. The number of nitrogens with one attached hydrogen (secondary N) is 1. The highest BCUT2D eigenvalue weighted by atomic mass is 32.2. The van der Waals surface area contributed by atoms with E-state index in [0.717, 1.165) is 11.1 Å². The molecule has 0 amide bonds. The first-order valence-electron chi connectivity index (χ1n) is 6.61. The zero-order valence-electron chi connectivity index (χ0n) is 12.3. The van der Waals surface area contributed by atoms with E-state index in [2.05, 4.69) is 4.72 Å². The van der Waals surface area contributed by atoms with Gasteiger partial charge in [-0.05, 0) is 56.2 Å². The average molecular weight is 305 g/mol. The molecule has 0 aliphatic carbocycles. The van der Waals surface area contributed by atoms with Crippen LogP contribution >= 0.6 is 0 Å². The van der Waals surface area contributed by atoms with Crippen LogP contribution in [0.1, 0.15) is 20.8 Å². The van der Waals surface area contributed by atoms with Crippen molar-refractivity contribution >= 4 is 10.0 Å². The molecule has 21 heavy (non-hydrogen) atoms. The quantitative estimate of drug-likeness (QED) is 0.915. The van der Waals surface area contributed by atoms with E-state index in [1.54, 1.807) is 63.2 Å². The maximum Gasteiger partial charge on any atom is 0.241 e. The standard InChI is InChI=1S/C16H19NO3S/c1-16(2,3)17-21(19,20)15-6-4-5-13(11-15)12-7-9-14(18)10-8-12/h4-11,17-18H,1-3H3. The van der Waals surface area contributed by atoms with Crippen LogP contribution in [0.3, 0.4) is 0 Å². The smallest absolute Gasteiger partial charge is 0.241 e. The minimum absolute atomic E-state index is 0.178. The van der Waals surface area contributed by atoms with Crippen molar-refractivity contribution in [2.24, 2.45) is 0 Å². The molecule has 4 nitrogen and oxygen atoms in total. The Morgan fingerprint density at radius 2 is 1.57 bits per heavy atom. The monoisotopic (exact) mass is 305 g/mol. The first-order chi connectivity index (χ1) is 9.67. The molecule has 0 radical (unpaired) electrons. The average Bonchev–Trinajstić information content (AvgIpc) is 2.37. The molecule has 5 heteroatoms. The van der Waals surface area contributed by atoms with Crippen LogP contribution in [-0.4, -0.2) is 19.1 Å². The van der Waals surface area contributed by atoms with Gasteiger partial charge in [0.1, 0.15) is 5.75 Å². The fraction of sp³-hybridized carbons (Fsp3) is 0.250. The Morgan fingerprint density at radius 1 is 0.952 bits per heavy atom. The summed E-state index contributed by atoms with van der Waals surface area (Å²) in [4.78, 5) is 0.225. The molecule has 2 aromatic rings. The molecule has 0 aromatic heterocycles. The van der Waals surface area contributed by atoms with Crippen LogP contribution < -0.4 is 4.72 Å². The molecule has 2 rings (SSSR count). The predicted molar refractivity (Wildman–Crippen MR) is 83.6 cm³/mol. The molecule has 0 heterocycles. The van der Waals surface area contributed by atoms with Crippen LogP contribution in [0.2, 0.25) is 0 Å². The molecule has 0 saturated carbocycles. The number of phenols is 1. The number of benzene rings is 2. The molecule has 0 spiro atoms. The normalized spacial score (nSPS) is 12.3. The van der Waals surface area contributed by atoms with Crippen molar-refractivity contribution in [3.63, 3.8) is 0 Å². The minimum atomic E-state index is -3.56. The first kappa shape index (κ1) is 15.5. The van der Waals surface area contributed by atoms with Crippen LogP contribution in [0.4, 0.5) is 0 Å². The van der Waals surface area contributed by atoms with Gasteiger partial charge in [-0.3, -0.25) is 0 Å². The highest BCUT2D eigenvalue weighted by molar-refractivity contribution is 7.89. The molecule has 0 aliphatic rings. The van der Waals surface area contributed by atoms with Crippen molar-refractivity contribution in [3.8, 4) is 16.9 Å². The van der Waals surface area contributed by atoms with E-state index >= 15 is 0 Å². The second-order valence-corrected chi connectivity index (χ2v) is 7.61. The van der Waals surface area contributed by atoms with Gasteiger partial charge in [-0.15, -0.1) is 0 Å². The van der Waals surface area contributed by atoms with Crippen LogP contribution in [-0.2, 0) is 10.0 Å². The van der Waals surface area contributed by atoms with E-state index < -0.39 is 15.6 Å². The molecule has 112 valence electrons. The van der Waals surface area contributed by atoms with Gasteiger partial charge < -0.3 is 5.11 Å². The zero-order chi connectivity index (χ0) is 15.7. The van der Waals surface area contributed by atoms with E-state index in [4.69, 9.17) is 0 Å². The maximum atomic E-state index is 12.3. The number of sulfonamides is 1. The number of hydrogen-bond donors (Lipinski definition) is 2. The summed E-state index contributed by atoms with van der Waals surface area (Å²) in [6.45, 7) is 5.40. The van der Waals surface area contributed by atoms with Crippen LogP contribution in [0.5, 0.6) is 5.75 Å². The maximum absolute atomic E-state index is 12.3. The largest absolute Gasteiger partial charge is 0.508 e. The fourth-order valence-corrected chi connectivity index (χ4v) is 3.42. The topological polar surface area (TPSA) is 66.4 Å². The van der Waals surface area contributed by atoms with E-state index in [-0.39, 0.29) is 10.6 Å². The Bertz CT molecular complexity index is 729.